The molecule has 0 aliphatic carbocycles. The van der Waals surface area contributed by atoms with E-state index in [4.69, 9.17) is 0 Å². The van der Waals surface area contributed by atoms with E-state index in [1.165, 1.54) is 10.4 Å². The Labute approximate surface area is 170 Å². The van der Waals surface area contributed by atoms with Crippen molar-refractivity contribution in [3.8, 4) is 5.69 Å². The van der Waals surface area contributed by atoms with Crippen LogP contribution in [0, 0.1) is 0 Å². The first kappa shape index (κ1) is 19.4. The molecule has 1 aliphatic rings. The number of carbonyl (C=O) groups is 1. The van der Waals surface area contributed by atoms with Crippen LogP contribution in [0.25, 0.3) is 5.69 Å². The highest BCUT2D eigenvalue weighted by atomic mass is 32.2. The minimum absolute atomic E-state index is 0.187. The van der Waals surface area contributed by atoms with E-state index in [0.717, 1.165) is 24.9 Å². The molecular formula is C21H22N4O3S. The smallest absolute Gasteiger partial charge is 0.276 e. The Morgan fingerprint density at radius 1 is 0.931 bits per heavy atom. The highest BCUT2D eigenvalue weighted by Crippen LogP contribution is 2.23. The second kappa shape index (κ2) is 8.18. The number of benzene rings is 2. The lowest BCUT2D eigenvalue weighted by Crippen LogP contribution is -2.35. The Kier molecular flexibility index (Phi) is 5.46. The Bertz CT molecular complexity index is 1100. The zero-order valence-corrected chi connectivity index (χ0v) is 16.7. The Hall–Kier alpha value is -2.97. The molecule has 0 radical (unpaired) electrons. The van der Waals surface area contributed by atoms with E-state index in [9.17, 15) is 13.2 Å². The quantitative estimate of drug-likeness (QED) is 0.699. The summed E-state index contributed by atoms with van der Waals surface area (Å²) >= 11 is 0. The molecule has 1 N–H and O–H groups in total. The van der Waals surface area contributed by atoms with Gasteiger partial charge in [0.15, 0.2) is 5.69 Å². The summed E-state index contributed by atoms with van der Waals surface area (Å²) in [6.45, 7) is 1.08. The van der Waals surface area contributed by atoms with Crippen molar-refractivity contribution in [3.63, 3.8) is 0 Å². The molecular weight excluding hydrogens is 388 g/mol. The van der Waals surface area contributed by atoms with Crippen molar-refractivity contribution in [2.45, 2.75) is 24.2 Å². The Morgan fingerprint density at radius 3 is 2.45 bits per heavy atom. The van der Waals surface area contributed by atoms with E-state index in [1.54, 1.807) is 35.1 Å². The molecule has 1 fully saturated rings. The molecule has 1 amide bonds. The second-order valence-electron chi connectivity index (χ2n) is 6.93. The van der Waals surface area contributed by atoms with Gasteiger partial charge in [-0.3, -0.25) is 4.79 Å². The minimum atomic E-state index is -3.55. The lowest BCUT2D eigenvalue weighted by atomic mass is 10.2. The third-order valence-corrected chi connectivity index (χ3v) is 6.78. The van der Waals surface area contributed by atoms with E-state index in [1.807, 2.05) is 30.3 Å². The van der Waals surface area contributed by atoms with E-state index in [0.29, 0.717) is 18.8 Å². The van der Waals surface area contributed by atoms with E-state index in [2.05, 4.69) is 10.4 Å². The second-order valence-corrected chi connectivity index (χ2v) is 8.87. The number of rotatable bonds is 5. The number of piperidine rings is 1. The number of aromatic nitrogens is 2. The molecule has 0 bridgehead atoms. The Morgan fingerprint density at radius 2 is 1.69 bits per heavy atom. The number of nitrogens with one attached hydrogen (secondary N) is 1. The Balaban J connectivity index is 1.51. The average Bonchev–Trinajstić information content (AvgIpc) is 3.26. The maximum absolute atomic E-state index is 12.9. The maximum Gasteiger partial charge on any atom is 0.276 e. The summed E-state index contributed by atoms with van der Waals surface area (Å²) in [7, 11) is -3.55. The van der Waals surface area contributed by atoms with E-state index >= 15 is 0 Å². The lowest BCUT2D eigenvalue weighted by molar-refractivity contribution is 0.102. The van der Waals surface area contributed by atoms with Crippen LogP contribution in [0.2, 0.25) is 0 Å². The minimum Gasteiger partial charge on any atom is -0.321 e. The third kappa shape index (κ3) is 4.23. The summed E-state index contributed by atoms with van der Waals surface area (Å²) in [6, 6.07) is 17.5. The number of carbonyl (C=O) groups excluding carboxylic acids is 1. The third-order valence-electron chi connectivity index (χ3n) is 4.89. The summed E-state index contributed by atoms with van der Waals surface area (Å²) in [4.78, 5) is 12.8. The van der Waals surface area contributed by atoms with Gasteiger partial charge in [-0.25, -0.2) is 13.1 Å². The number of nitrogens with zero attached hydrogens (tertiary/aromatic N) is 3. The molecule has 0 saturated carbocycles. The van der Waals surface area contributed by atoms with Gasteiger partial charge in [0, 0.05) is 25.0 Å². The SMILES string of the molecule is O=C(Nc1cccc(S(=O)(=O)N2CCCCC2)c1)c1ccn(-c2ccccc2)n1. The molecule has 7 nitrogen and oxygen atoms in total. The van der Waals surface area contributed by atoms with Crippen LogP contribution in [0.5, 0.6) is 0 Å². The molecule has 0 unspecified atom stereocenters. The molecule has 150 valence electrons. The van der Waals surface area contributed by atoms with E-state index < -0.39 is 15.9 Å². The summed E-state index contributed by atoms with van der Waals surface area (Å²) in [5, 5.41) is 7.04. The first-order valence-electron chi connectivity index (χ1n) is 9.57. The van der Waals surface area contributed by atoms with Gasteiger partial charge in [0.2, 0.25) is 10.0 Å². The molecule has 3 aromatic rings. The molecule has 1 aromatic heterocycles. The normalized spacial score (nSPS) is 15.2. The number of para-hydroxylation sites is 1. The fourth-order valence-electron chi connectivity index (χ4n) is 3.35. The highest BCUT2D eigenvalue weighted by Gasteiger charge is 2.26. The number of hydrogen-bond acceptors (Lipinski definition) is 4. The van der Waals surface area contributed by atoms with Crippen molar-refractivity contribution in [3.05, 3.63) is 72.6 Å². The summed E-state index contributed by atoms with van der Waals surface area (Å²) in [5.74, 6) is -0.396. The molecule has 0 spiro atoms. The van der Waals surface area contributed by atoms with Crippen molar-refractivity contribution in [1.82, 2.24) is 14.1 Å². The van der Waals surface area contributed by atoms with Gasteiger partial charge < -0.3 is 5.32 Å². The van der Waals surface area contributed by atoms with Crippen molar-refractivity contribution in [2.24, 2.45) is 0 Å². The summed E-state index contributed by atoms with van der Waals surface area (Å²) in [5.41, 5.74) is 1.52. The number of sulfonamides is 1. The molecule has 0 atom stereocenters. The molecule has 8 heteroatoms. The van der Waals surface area contributed by atoms with Crippen molar-refractivity contribution >= 4 is 21.6 Å². The van der Waals surface area contributed by atoms with Crippen LogP contribution in [0.4, 0.5) is 5.69 Å². The average molecular weight is 410 g/mol. The summed E-state index contributed by atoms with van der Waals surface area (Å²) in [6.07, 6.45) is 4.51. The molecule has 4 rings (SSSR count). The molecule has 1 saturated heterocycles. The van der Waals surface area contributed by atoms with Crippen LogP contribution in [0.1, 0.15) is 29.8 Å². The zero-order chi connectivity index (χ0) is 20.3. The topological polar surface area (TPSA) is 84.3 Å². The van der Waals surface area contributed by atoms with Crippen molar-refractivity contribution < 1.29 is 13.2 Å². The monoisotopic (exact) mass is 410 g/mol. The maximum atomic E-state index is 12.9. The number of amides is 1. The molecule has 2 heterocycles. The van der Waals surface area contributed by atoms with Gasteiger partial charge in [0.1, 0.15) is 0 Å². The van der Waals surface area contributed by atoms with E-state index in [-0.39, 0.29) is 10.6 Å². The molecule has 29 heavy (non-hydrogen) atoms. The fourth-order valence-corrected chi connectivity index (χ4v) is 4.92. The van der Waals surface area contributed by atoms with Crippen LogP contribution in [-0.2, 0) is 10.0 Å². The summed E-state index contributed by atoms with van der Waals surface area (Å²) < 4.78 is 28.8. The predicted octanol–water partition coefficient (Wildman–Crippen LogP) is 3.30. The lowest BCUT2D eigenvalue weighted by Gasteiger charge is -2.26. The number of hydrogen-bond donors (Lipinski definition) is 1. The van der Waals surface area contributed by atoms with Crippen molar-refractivity contribution in [2.75, 3.05) is 18.4 Å². The predicted molar refractivity (Wildman–Crippen MR) is 111 cm³/mol. The van der Waals surface area contributed by atoms with Crippen LogP contribution in [0.3, 0.4) is 0 Å². The number of anilines is 1. The largest absolute Gasteiger partial charge is 0.321 e. The van der Waals surface area contributed by atoms with Gasteiger partial charge in [-0.2, -0.15) is 9.40 Å². The molecule has 1 aliphatic heterocycles. The first-order valence-corrected chi connectivity index (χ1v) is 11.0. The van der Waals surface area contributed by atoms with Gasteiger partial charge in [0.05, 0.1) is 10.6 Å². The van der Waals surface area contributed by atoms with Gasteiger partial charge in [-0.1, -0.05) is 30.7 Å². The van der Waals surface area contributed by atoms with Gasteiger partial charge in [0.25, 0.3) is 5.91 Å². The van der Waals surface area contributed by atoms with Crippen LogP contribution < -0.4 is 5.32 Å². The molecule has 2 aromatic carbocycles. The van der Waals surface area contributed by atoms with Crippen LogP contribution in [-0.4, -0.2) is 41.5 Å². The van der Waals surface area contributed by atoms with Gasteiger partial charge >= 0.3 is 0 Å². The zero-order valence-electron chi connectivity index (χ0n) is 15.9. The van der Waals surface area contributed by atoms with Crippen LogP contribution >= 0.6 is 0 Å². The van der Waals surface area contributed by atoms with Gasteiger partial charge in [-0.15, -0.1) is 0 Å². The van der Waals surface area contributed by atoms with Crippen LogP contribution in [0.15, 0.2) is 71.8 Å². The van der Waals surface area contributed by atoms with Crippen molar-refractivity contribution in [1.29, 1.82) is 0 Å². The fraction of sp³-hybridized carbons (Fsp3) is 0.238. The first-order chi connectivity index (χ1) is 14.0. The standard InChI is InChI=1S/C21H22N4O3S/c26-21(20-12-15-25(23-20)18-9-3-1-4-10-18)22-17-8-7-11-19(16-17)29(27,28)24-13-5-2-6-14-24/h1,3-4,7-12,15-16H,2,5-6,13-14H2,(H,22,26). The van der Waals surface area contributed by atoms with Gasteiger partial charge in [-0.05, 0) is 49.2 Å². The highest BCUT2D eigenvalue weighted by molar-refractivity contribution is 7.89.